The molecule has 0 spiro atoms. The van der Waals surface area contributed by atoms with E-state index in [1.807, 2.05) is 42.5 Å². The molecule has 5 heteroatoms. The zero-order chi connectivity index (χ0) is 12.8. The summed E-state index contributed by atoms with van der Waals surface area (Å²) in [6, 6.07) is 9.51. The van der Waals surface area contributed by atoms with Gasteiger partial charge >= 0.3 is 7.12 Å². The van der Waals surface area contributed by atoms with Gasteiger partial charge in [-0.15, -0.1) is 0 Å². The summed E-state index contributed by atoms with van der Waals surface area (Å²) >= 11 is 0. The van der Waals surface area contributed by atoms with Crippen molar-refractivity contribution in [3.8, 4) is 0 Å². The minimum Gasteiger partial charge on any atom is -0.426 e. The molecule has 0 radical (unpaired) electrons. The van der Waals surface area contributed by atoms with Gasteiger partial charge in [0.15, 0.2) is 0 Å². The van der Waals surface area contributed by atoms with Crippen molar-refractivity contribution in [2.24, 2.45) is 0 Å². The molecule has 0 saturated heterocycles. The fourth-order valence-corrected chi connectivity index (χ4v) is 1.87. The van der Waals surface area contributed by atoms with Crippen LogP contribution in [0.15, 0.2) is 42.5 Å². The normalized spacial score (nSPS) is 19.4. The van der Waals surface area contributed by atoms with Crippen LogP contribution in [0.3, 0.4) is 0 Å². The van der Waals surface area contributed by atoms with Gasteiger partial charge in [-0.1, -0.05) is 42.5 Å². The highest BCUT2D eigenvalue weighted by Gasteiger charge is 2.28. The first-order valence-electron chi connectivity index (χ1n) is 6.03. The Bertz CT molecular complexity index is 422. The van der Waals surface area contributed by atoms with Gasteiger partial charge in [0.2, 0.25) is 5.91 Å². The van der Waals surface area contributed by atoms with Crippen molar-refractivity contribution in [2.75, 3.05) is 6.61 Å². The van der Waals surface area contributed by atoms with Crippen LogP contribution < -0.4 is 5.32 Å². The molecule has 1 unspecified atom stereocenters. The Labute approximate surface area is 107 Å². The molecule has 0 saturated carbocycles. The number of nitrogens with one attached hydrogen (secondary N) is 1. The number of carbonyl (C=O) groups is 1. The van der Waals surface area contributed by atoms with Gasteiger partial charge in [0.1, 0.15) is 0 Å². The molecule has 2 N–H and O–H groups in total. The zero-order valence-corrected chi connectivity index (χ0v) is 10.1. The second kappa shape index (κ2) is 6.38. The van der Waals surface area contributed by atoms with Crippen molar-refractivity contribution in [1.29, 1.82) is 0 Å². The van der Waals surface area contributed by atoms with Crippen molar-refractivity contribution < 1.29 is 14.5 Å². The van der Waals surface area contributed by atoms with E-state index < -0.39 is 7.12 Å². The van der Waals surface area contributed by atoms with Crippen LogP contribution in [0.4, 0.5) is 0 Å². The molecular formula is C13H16BNO3. The van der Waals surface area contributed by atoms with E-state index in [0.29, 0.717) is 19.4 Å². The predicted octanol–water partition coefficient (Wildman–Crippen LogP) is 0.710. The molecule has 18 heavy (non-hydrogen) atoms. The number of rotatable bonds is 3. The molecule has 0 fully saturated rings. The highest BCUT2D eigenvalue weighted by atomic mass is 16.5. The third-order valence-corrected chi connectivity index (χ3v) is 2.82. The molecule has 1 amide bonds. The quantitative estimate of drug-likeness (QED) is 0.609. The lowest BCUT2D eigenvalue weighted by atomic mass is 9.77. The lowest BCUT2D eigenvalue weighted by Crippen LogP contribution is -2.47. The first-order valence-corrected chi connectivity index (χ1v) is 6.03. The average molecular weight is 245 g/mol. The van der Waals surface area contributed by atoms with E-state index >= 15 is 0 Å². The molecule has 1 aliphatic rings. The van der Waals surface area contributed by atoms with E-state index in [4.69, 9.17) is 4.65 Å². The molecule has 0 bridgehead atoms. The zero-order valence-electron chi connectivity index (χ0n) is 10.1. The largest absolute Gasteiger partial charge is 0.478 e. The molecule has 1 aromatic rings. The molecule has 1 heterocycles. The van der Waals surface area contributed by atoms with E-state index in [-0.39, 0.29) is 11.8 Å². The van der Waals surface area contributed by atoms with Crippen molar-refractivity contribution in [3.05, 3.63) is 48.0 Å². The summed E-state index contributed by atoms with van der Waals surface area (Å²) in [4.78, 5) is 11.8. The maximum atomic E-state index is 11.8. The number of amides is 1. The lowest BCUT2D eigenvalue weighted by molar-refractivity contribution is -0.120. The van der Waals surface area contributed by atoms with Gasteiger partial charge in [-0.25, -0.2) is 0 Å². The Kier molecular flexibility index (Phi) is 4.56. The van der Waals surface area contributed by atoms with Gasteiger partial charge in [-0.2, -0.15) is 0 Å². The predicted molar refractivity (Wildman–Crippen MR) is 69.8 cm³/mol. The average Bonchev–Trinajstić information content (AvgIpc) is 2.56. The van der Waals surface area contributed by atoms with E-state index in [1.54, 1.807) is 0 Å². The minimum atomic E-state index is -0.945. The van der Waals surface area contributed by atoms with Crippen molar-refractivity contribution in [2.45, 2.75) is 18.8 Å². The third kappa shape index (κ3) is 3.72. The van der Waals surface area contributed by atoms with Crippen molar-refractivity contribution in [3.63, 3.8) is 0 Å². The van der Waals surface area contributed by atoms with Gasteiger partial charge in [0.25, 0.3) is 0 Å². The Morgan fingerprint density at radius 1 is 1.39 bits per heavy atom. The summed E-state index contributed by atoms with van der Waals surface area (Å²) in [5.41, 5.74) is 0.953. The Morgan fingerprint density at radius 2 is 2.17 bits per heavy atom. The maximum Gasteiger partial charge on any atom is 0.478 e. The van der Waals surface area contributed by atoms with Gasteiger partial charge in [-0.05, 0) is 12.0 Å². The smallest absolute Gasteiger partial charge is 0.426 e. The number of hydrogen-bond donors (Lipinski definition) is 2. The Morgan fingerprint density at radius 3 is 2.94 bits per heavy atom. The van der Waals surface area contributed by atoms with E-state index in [0.717, 1.165) is 5.56 Å². The standard InChI is InChI=1S/C13H16BNO3/c16-13(10-11-6-2-1-3-7-11)15-12-8-4-5-9-18-14(12)17/h1-7,12,17H,8-10H2,(H,15,16). The molecule has 4 nitrogen and oxygen atoms in total. The van der Waals surface area contributed by atoms with Crippen LogP contribution in [-0.4, -0.2) is 30.6 Å². The van der Waals surface area contributed by atoms with Crippen LogP contribution in [0.25, 0.3) is 0 Å². The molecular weight excluding hydrogens is 229 g/mol. The first kappa shape index (κ1) is 12.9. The van der Waals surface area contributed by atoms with Crippen LogP contribution in [-0.2, 0) is 15.9 Å². The third-order valence-electron chi connectivity index (χ3n) is 2.82. The van der Waals surface area contributed by atoms with Crippen molar-refractivity contribution >= 4 is 13.0 Å². The molecule has 1 atom stereocenters. The highest BCUT2D eigenvalue weighted by molar-refractivity contribution is 6.45. The Balaban J connectivity index is 1.88. The molecule has 94 valence electrons. The van der Waals surface area contributed by atoms with Crippen molar-refractivity contribution in [1.82, 2.24) is 5.32 Å². The fraction of sp³-hybridized carbons (Fsp3) is 0.308. The Hall–Kier alpha value is -1.59. The van der Waals surface area contributed by atoms with Gasteiger partial charge in [0, 0.05) is 6.61 Å². The fourth-order valence-electron chi connectivity index (χ4n) is 1.87. The maximum absolute atomic E-state index is 11.8. The molecule has 0 aliphatic carbocycles. The van der Waals surface area contributed by atoms with Crippen LogP contribution >= 0.6 is 0 Å². The van der Waals surface area contributed by atoms with Gasteiger partial charge in [-0.3, -0.25) is 4.79 Å². The monoisotopic (exact) mass is 245 g/mol. The van der Waals surface area contributed by atoms with Crippen LogP contribution in [0.2, 0.25) is 0 Å². The van der Waals surface area contributed by atoms with Gasteiger partial charge < -0.3 is 15.0 Å². The molecule has 2 rings (SSSR count). The van der Waals surface area contributed by atoms with Crippen LogP contribution in [0.1, 0.15) is 12.0 Å². The number of carbonyl (C=O) groups excluding carboxylic acids is 1. The summed E-state index contributed by atoms with van der Waals surface area (Å²) in [5.74, 6) is -0.482. The molecule has 1 aromatic carbocycles. The van der Waals surface area contributed by atoms with E-state index in [9.17, 15) is 9.82 Å². The summed E-state index contributed by atoms with van der Waals surface area (Å²) in [6.45, 7) is 0.381. The highest BCUT2D eigenvalue weighted by Crippen LogP contribution is 2.05. The molecule has 0 aromatic heterocycles. The minimum absolute atomic E-state index is 0.107. The van der Waals surface area contributed by atoms with E-state index in [2.05, 4.69) is 5.32 Å². The summed E-state index contributed by atoms with van der Waals surface area (Å²) in [7, 11) is -0.945. The second-order valence-electron chi connectivity index (χ2n) is 4.27. The summed E-state index contributed by atoms with van der Waals surface area (Å²) in [6.07, 6.45) is 4.64. The van der Waals surface area contributed by atoms with E-state index in [1.165, 1.54) is 0 Å². The number of hydrogen-bond acceptors (Lipinski definition) is 3. The first-order chi connectivity index (χ1) is 8.75. The van der Waals surface area contributed by atoms with Crippen LogP contribution in [0, 0.1) is 0 Å². The second-order valence-corrected chi connectivity index (χ2v) is 4.27. The SMILES string of the molecule is O=C(Cc1ccccc1)NC1CC=CCOB1O. The molecule has 1 aliphatic heterocycles. The summed E-state index contributed by atoms with van der Waals surface area (Å²) in [5, 5.41) is 12.5. The summed E-state index contributed by atoms with van der Waals surface area (Å²) < 4.78 is 5.12. The van der Waals surface area contributed by atoms with Gasteiger partial charge in [0.05, 0.1) is 12.4 Å². The topological polar surface area (TPSA) is 58.6 Å². The number of benzene rings is 1. The van der Waals surface area contributed by atoms with Crippen LogP contribution in [0.5, 0.6) is 0 Å². The lowest BCUT2D eigenvalue weighted by Gasteiger charge is -2.17.